The van der Waals surface area contributed by atoms with Gasteiger partial charge in [-0.3, -0.25) is 14.7 Å². The number of H-pyrrole nitrogens is 2. The topological polar surface area (TPSA) is 93.5 Å². The average molecular weight is 492 g/mol. The third-order valence-electron chi connectivity index (χ3n) is 7.21. The minimum absolute atomic E-state index is 0.168. The molecule has 1 aliphatic heterocycles. The van der Waals surface area contributed by atoms with Crippen molar-refractivity contribution in [1.29, 1.82) is 0 Å². The number of ether oxygens (including phenoxy) is 1. The number of hydrogen-bond donors (Lipinski definition) is 3. The Bertz CT molecular complexity index is 1210. The highest BCUT2D eigenvalue weighted by Gasteiger charge is 2.26. The number of amides is 1. The molecule has 0 aliphatic carbocycles. The summed E-state index contributed by atoms with van der Waals surface area (Å²) in [7, 11) is 1.71. The quantitative estimate of drug-likeness (QED) is 0.404. The van der Waals surface area contributed by atoms with Crippen molar-refractivity contribution in [3.63, 3.8) is 0 Å². The Kier molecular flexibility index (Phi) is 8.48. The number of hydrogen-bond acceptors (Lipinski definition) is 5. The van der Waals surface area contributed by atoms with Gasteiger partial charge in [-0.05, 0) is 68.5 Å². The molecule has 36 heavy (non-hydrogen) atoms. The first-order valence-corrected chi connectivity index (χ1v) is 12.7. The van der Waals surface area contributed by atoms with E-state index in [1.165, 1.54) is 5.56 Å². The molecule has 1 amide bonds. The van der Waals surface area contributed by atoms with Crippen LogP contribution in [0.1, 0.15) is 46.8 Å². The van der Waals surface area contributed by atoms with E-state index in [1.54, 1.807) is 13.3 Å². The zero-order chi connectivity index (χ0) is 25.5. The molecule has 0 unspecified atom stereocenters. The third kappa shape index (κ3) is 5.99. The van der Waals surface area contributed by atoms with Crippen molar-refractivity contribution in [2.75, 3.05) is 38.2 Å². The van der Waals surface area contributed by atoms with E-state index in [1.807, 2.05) is 25.1 Å². The first-order chi connectivity index (χ1) is 17.5. The summed E-state index contributed by atoms with van der Waals surface area (Å²) in [6.45, 7) is 8.45. The fourth-order valence-electron chi connectivity index (χ4n) is 5.11. The number of carbonyl (C=O) groups is 1. The van der Waals surface area contributed by atoms with E-state index in [4.69, 9.17) is 4.74 Å². The van der Waals surface area contributed by atoms with Gasteiger partial charge in [0.25, 0.3) is 11.5 Å². The Morgan fingerprint density at radius 1 is 1.19 bits per heavy atom. The Morgan fingerprint density at radius 2 is 1.97 bits per heavy atom. The molecule has 0 spiro atoms. The molecule has 0 radical (unpaired) electrons. The fourth-order valence-corrected chi connectivity index (χ4v) is 5.11. The molecule has 192 valence electrons. The van der Waals surface area contributed by atoms with E-state index < -0.39 is 0 Å². The van der Waals surface area contributed by atoms with Crippen LogP contribution in [0.5, 0.6) is 5.75 Å². The number of nitrogens with one attached hydrogen (secondary N) is 3. The maximum absolute atomic E-state index is 12.9. The van der Waals surface area contributed by atoms with E-state index in [9.17, 15) is 9.59 Å². The molecule has 8 nitrogen and oxygen atoms in total. The smallest absolute Gasteiger partial charge is 0.268 e. The summed E-state index contributed by atoms with van der Waals surface area (Å²) in [6.07, 6.45) is 4.79. The maximum Gasteiger partial charge on any atom is 0.268 e. The summed E-state index contributed by atoms with van der Waals surface area (Å²) < 4.78 is 5.35. The van der Waals surface area contributed by atoms with Gasteiger partial charge in [-0.2, -0.15) is 0 Å². The van der Waals surface area contributed by atoms with Crippen molar-refractivity contribution in [1.82, 2.24) is 20.4 Å². The van der Waals surface area contributed by atoms with Gasteiger partial charge in [0, 0.05) is 49.7 Å². The van der Waals surface area contributed by atoms with Gasteiger partial charge in [-0.1, -0.05) is 18.2 Å². The molecule has 1 saturated heterocycles. The summed E-state index contributed by atoms with van der Waals surface area (Å²) in [5.74, 6) is 0.743. The largest absolute Gasteiger partial charge is 0.497 e. The number of methoxy groups -OCH3 is 1. The lowest BCUT2D eigenvalue weighted by Crippen LogP contribution is -2.45. The molecule has 3 N–H and O–H groups in total. The number of benzene rings is 2. The van der Waals surface area contributed by atoms with Gasteiger partial charge in [0.15, 0.2) is 0 Å². The molecule has 2 heterocycles. The molecule has 2 aromatic carbocycles. The van der Waals surface area contributed by atoms with Gasteiger partial charge >= 0.3 is 0 Å². The van der Waals surface area contributed by atoms with Crippen LogP contribution in [0.25, 0.3) is 0 Å². The van der Waals surface area contributed by atoms with Crippen molar-refractivity contribution in [2.24, 2.45) is 0 Å². The Balaban J connectivity index is 1.35. The number of aromatic amines is 2. The Morgan fingerprint density at radius 3 is 2.67 bits per heavy atom. The van der Waals surface area contributed by atoms with Crippen LogP contribution in [0.3, 0.4) is 0 Å². The van der Waals surface area contributed by atoms with Crippen molar-refractivity contribution < 1.29 is 9.53 Å². The number of aromatic nitrogens is 2. The zero-order valence-corrected chi connectivity index (χ0v) is 21.5. The van der Waals surface area contributed by atoms with Crippen LogP contribution in [0, 0.1) is 6.92 Å². The predicted octanol–water partition coefficient (Wildman–Crippen LogP) is 3.48. The number of carbonyl (C=O) groups excluding carboxylic acids is 1. The number of rotatable bonds is 10. The lowest BCUT2D eigenvalue weighted by atomic mass is 9.98. The van der Waals surface area contributed by atoms with Gasteiger partial charge in [-0.15, -0.1) is 0 Å². The number of piperidine rings is 1. The highest BCUT2D eigenvalue weighted by atomic mass is 16.5. The molecule has 3 aromatic rings. The number of anilines is 1. The first-order valence-electron chi connectivity index (χ1n) is 12.7. The van der Waals surface area contributed by atoms with E-state index >= 15 is 0 Å². The van der Waals surface area contributed by atoms with E-state index in [-0.39, 0.29) is 18.0 Å². The molecule has 0 atom stereocenters. The van der Waals surface area contributed by atoms with Crippen molar-refractivity contribution >= 4 is 11.6 Å². The molecule has 0 bridgehead atoms. The highest BCUT2D eigenvalue weighted by Crippen LogP contribution is 2.29. The minimum Gasteiger partial charge on any atom is -0.497 e. The van der Waals surface area contributed by atoms with Crippen LogP contribution < -0.4 is 20.5 Å². The minimum atomic E-state index is -0.215. The van der Waals surface area contributed by atoms with Crippen molar-refractivity contribution in [2.45, 2.75) is 45.7 Å². The lowest BCUT2D eigenvalue weighted by molar-refractivity contribution is 0.0950. The Hall–Kier alpha value is -3.52. The molecule has 1 fully saturated rings. The normalized spacial score (nSPS) is 14.5. The van der Waals surface area contributed by atoms with Crippen molar-refractivity contribution in [3.05, 3.63) is 81.3 Å². The predicted molar refractivity (Wildman–Crippen MR) is 143 cm³/mol. The molecular formula is C28H37N5O3. The van der Waals surface area contributed by atoms with Crippen LogP contribution in [0.2, 0.25) is 0 Å². The van der Waals surface area contributed by atoms with Crippen molar-refractivity contribution in [3.8, 4) is 5.75 Å². The van der Waals surface area contributed by atoms with Gasteiger partial charge in [0.2, 0.25) is 0 Å². The average Bonchev–Trinajstić information content (AvgIpc) is 3.32. The highest BCUT2D eigenvalue weighted by molar-refractivity contribution is 5.97. The SMILES string of the molecule is CCN(c1cccc(C(=O)NCc2c[nH][nH]c2=O)c1C)C1CCN(CCc2cccc(OC)c2)CC1. The van der Waals surface area contributed by atoms with Crippen LogP contribution >= 0.6 is 0 Å². The molecule has 8 heteroatoms. The summed E-state index contributed by atoms with van der Waals surface area (Å²) in [4.78, 5) is 29.6. The summed E-state index contributed by atoms with van der Waals surface area (Å²) >= 11 is 0. The first kappa shape index (κ1) is 25.6. The van der Waals surface area contributed by atoms with E-state index in [2.05, 4.69) is 56.5 Å². The van der Waals surface area contributed by atoms with Gasteiger partial charge in [0.1, 0.15) is 5.75 Å². The summed E-state index contributed by atoms with van der Waals surface area (Å²) in [5, 5.41) is 8.02. The van der Waals surface area contributed by atoms with E-state index in [0.29, 0.717) is 17.2 Å². The zero-order valence-electron chi connectivity index (χ0n) is 21.5. The van der Waals surface area contributed by atoms with Crippen LogP contribution in [-0.2, 0) is 13.0 Å². The number of nitrogens with zero attached hydrogens (tertiary/aromatic N) is 2. The Labute approximate surface area is 212 Å². The van der Waals surface area contributed by atoms with Gasteiger partial charge < -0.3 is 25.0 Å². The monoisotopic (exact) mass is 491 g/mol. The molecular weight excluding hydrogens is 454 g/mol. The van der Waals surface area contributed by atoms with Crippen LogP contribution in [0.15, 0.2) is 53.5 Å². The second-order valence-electron chi connectivity index (χ2n) is 9.36. The molecule has 1 aromatic heterocycles. The molecule has 1 aliphatic rings. The third-order valence-corrected chi connectivity index (χ3v) is 7.21. The summed E-state index contributed by atoms with van der Waals surface area (Å²) in [6, 6.07) is 14.7. The fraction of sp³-hybridized carbons (Fsp3) is 0.429. The molecule has 4 rings (SSSR count). The van der Waals surface area contributed by atoms with Gasteiger partial charge in [-0.25, -0.2) is 0 Å². The van der Waals surface area contributed by atoms with Crippen LogP contribution in [-0.4, -0.2) is 60.3 Å². The molecule has 0 saturated carbocycles. The van der Waals surface area contributed by atoms with Gasteiger partial charge in [0.05, 0.1) is 19.2 Å². The van der Waals surface area contributed by atoms with E-state index in [0.717, 1.165) is 62.4 Å². The second-order valence-corrected chi connectivity index (χ2v) is 9.36. The van der Waals surface area contributed by atoms with Crippen LogP contribution in [0.4, 0.5) is 5.69 Å². The maximum atomic E-state index is 12.9. The lowest BCUT2D eigenvalue weighted by Gasteiger charge is -2.40. The number of likely N-dealkylation sites (tertiary alicyclic amines) is 1. The second kappa shape index (κ2) is 11.9. The summed E-state index contributed by atoms with van der Waals surface area (Å²) in [5.41, 5.74) is 4.32. The standard InChI is InChI=1S/C28H37N5O3/c1-4-33(23-12-15-32(16-13-23)14-11-21-7-5-8-24(17-21)36-3)26-10-6-9-25(20(26)2)28(35)29-18-22-19-30-31-27(22)34/h5-10,17,19,23H,4,11-16,18H2,1-3H3,(H,29,35)(H2,30,31,34).